The van der Waals surface area contributed by atoms with Crippen LogP contribution in [0.15, 0.2) is 24.3 Å². The van der Waals surface area contributed by atoms with Crippen LogP contribution < -0.4 is 10.1 Å². The Kier molecular flexibility index (Phi) is 4.77. The lowest BCUT2D eigenvalue weighted by Gasteiger charge is -2.31. The van der Waals surface area contributed by atoms with Gasteiger partial charge in [0, 0.05) is 12.1 Å². The van der Waals surface area contributed by atoms with Gasteiger partial charge in [0.1, 0.15) is 5.75 Å². The fourth-order valence-corrected chi connectivity index (χ4v) is 1.91. The number of aliphatic hydroxyl groups excluding tert-OH is 1. The monoisotopic (exact) mass is 223 g/mol. The van der Waals surface area contributed by atoms with Gasteiger partial charge < -0.3 is 15.2 Å². The Morgan fingerprint density at radius 2 is 2.19 bits per heavy atom. The van der Waals surface area contributed by atoms with Crippen LogP contribution in [0, 0.1) is 0 Å². The number of benzene rings is 1. The molecule has 1 aromatic rings. The van der Waals surface area contributed by atoms with Crippen molar-refractivity contribution in [2.75, 3.05) is 20.3 Å². The summed E-state index contributed by atoms with van der Waals surface area (Å²) in [5.41, 5.74) is 0.945. The van der Waals surface area contributed by atoms with E-state index in [0.717, 1.165) is 17.9 Å². The molecule has 0 amide bonds. The van der Waals surface area contributed by atoms with Gasteiger partial charge in [0.25, 0.3) is 0 Å². The molecule has 90 valence electrons. The van der Waals surface area contributed by atoms with Crippen LogP contribution in [0.1, 0.15) is 25.8 Å². The van der Waals surface area contributed by atoms with Crippen molar-refractivity contribution < 1.29 is 9.84 Å². The molecule has 1 aromatic carbocycles. The van der Waals surface area contributed by atoms with E-state index in [-0.39, 0.29) is 12.1 Å². The minimum atomic E-state index is -0.196. The highest BCUT2D eigenvalue weighted by Crippen LogP contribution is 2.27. The van der Waals surface area contributed by atoms with Gasteiger partial charge in [0.2, 0.25) is 0 Å². The first-order valence-corrected chi connectivity index (χ1v) is 5.66. The van der Waals surface area contributed by atoms with Crippen molar-refractivity contribution >= 4 is 0 Å². The van der Waals surface area contributed by atoms with Gasteiger partial charge in [0.05, 0.1) is 7.11 Å². The Morgan fingerprint density at radius 1 is 1.44 bits per heavy atom. The zero-order chi connectivity index (χ0) is 12.0. The number of hydrogen-bond donors (Lipinski definition) is 2. The van der Waals surface area contributed by atoms with Gasteiger partial charge in [-0.1, -0.05) is 19.1 Å². The number of aliphatic hydroxyl groups is 1. The van der Waals surface area contributed by atoms with Crippen LogP contribution in [0.3, 0.4) is 0 Å². The van der Waals surface area contributed by atoms with E-state index in [9.17, 15) is 0 Å². The second kappa shape index (κ2) is 5.87. The Bertz CT molecular complexity index is 319. The second-order valence-electron chi connectivity index (χ2n) is 4.07. The lowest BCUT2D eigenvalue weighted by Crippen LogP contribution is -2.40. The molecule has 0 fully saturated rings. The van der Waals surface area contributed by atoms with Crippen LogP contribution in [-0.4, -0.2) is 25.4 Å². The number of ether oxygens (including phenoxy) is 1. The molecule has 16 heavy (non-hydrogen) atoms. The molecule has 0 bridgehead atoms. The standard InChI is InChI=1S/C13H21NO2/c1-4-14-13(2,8-9-15)11-6-5-7-12(10-11)16-3/h5-7,10,14-15H,4,8-9H2,1-3H3. The molecule has 0 aliphatic rings. The summed E-state index contributed by atoms with van der Waals surface area (Å²) >= 11 is 0. The van der Waals surface area contributed by atoms with Gasteiger partial charge in [-0.3, -0.25) is 0 Å². The predicted molar refractivity (Wildman–Crippen MR) is 65.7 cm³/mol. The second-order valence-corrected chi connectivity index (χ2v) is 4.07. The fourth-order valence-electron chi connectivity index (χ4n) is 1.91. The van der Waals surface area contributed by atoms with Crippen molar-refractivity contribution in [1.82, 2.24) is 5.32 Å². The van der Waals surface area contributed by atoms with Crippen LogP contribution in [0.25, 0.3) is 0 Å². The van der Waals surface area contributed by atoms with Crippen LogP contribution in [-0.2, 0) is 5.54 Å². The average molecular weight is 223 g/mol. The molecule has 1 atom stereocenters. The quantitative estimate of drug-likeness (QED) is 0.774. The van der Waals surface area contributed by atoms with E-state index in [0.29, 0.717) is 6.42 Å². The average Bonchev–Trinajstić information content (AvgIpc) is 2.30. The van der Waals surface area contributed by atoms with Crippen LogP contribution in [0.5, 0.6) is 5.75 Å². The van der Waals surface area contributed by atoms with Gasteiger partial charge in [-0.25, -0.2) is 0 Å². The summed E-state index contributed by atoms with van der Waals surface area (Å²) in [7, 11) is 1.66. The predicted octanol–water partition coefficient (Wildman–Crippen LogP) is 1.90. The first kappa shape index (κ1) is 13.0. The summed E-state index contributed by atoms with van der Waals surface area (Å²) in [4.78, 5) is 0. The number of rotatable bonds is 6. The summed E-state index contributed by atoms with van der Waals surface area (Å²) in [5, 5.41) is 12.6. The molecular formula is C13H21NO2. The van der Waals surface area contributed by atoms with Crippen LogP contribution in [0.2, 0.25) is 0 Å². The van der Waals surface area contributed by atoms with Crippen molar-refractivity contribution in [3.05, 3.63) is 29.8 Å². The molecule has 0 radical (unpaired) electrons. The molecule has 3 heteroatoms. The van der Waals surface area contributed by atoms with Crippen molar-refractivity contribution in [2.45, 2.75) is 25.8 Å². The highest BCUT2D eigenvalue weighted by molar-refractivity contribution is 5.33. The molecule has 1 unspecified atom stereocenters. The third-order valence-corrected chi connectivity index (χ3v) is 2.89. The summed E-state index contributed by atoms with van der Waals surface area (Å²) < 4.78 is 5.22. The largest absolute Gasteiger partial charge is 0.497 e. The third kappa shape index (κ3) is 2.97. The Balaban J connectivity index is 2.99. The van der Waals surface area contributed by atoms with E-state index in [1.807, 2.05) is 18.2 Å². The molecule has 0 aliphatic heterocycles. The number of methoxy groups -OCH3 is 1. The molecule has 0 aromatic heterocycles. The molecule has 2 N–H and O–H groups in total. The Hall–Kier alpha value is -1.06. The molecule has 1 rings (SSSR count). The zero-order valence-electron chi connectivity index (χ0n) is 10.3. The molecule has 0 aliphatic carbocycles. The van der Waals surface area contributed by atoms with Gasteiger partial charge in [-0.05, 0) is 37.6 Å². The Morgan fingerprint density at radius 3 is 2.75 bits per heavy atom. The molecule has 0 saturated heterocycles. The molecule has 0 spiro atoms. The van der Waals surface area contributed by atoms with E-state index in [2.05, 4.69) is 25.2 Å². The highest BCUT2D eigenvalue weighted by atomic mass is 16.5. The fraction of sp³-hybridized carbons (Fsp3) is 0.538. The summed E-state index contributed by atoms with van der Waals surface area (Å²) in [6, 6.07) is 7.97. The van der Waals surface area contributed by atoms with Crippen LogP contribution in [0.4, 0.5) is 0 Å². The first-order valence-electron chi connectivity index (χ1n) is 5.66. The lowest BCUT2D eigenvalue weighted by molar-refractivity contribution is 0.222. The van der Waals surface area contributed by atoms with E-state index in [1.165, 1.54) is 0 Å². The summed E-state index contributed by atoms with van der Waals surface area (Å²) in [6.45, 7) is 5.20. The van der Waals surface area contributed by atoms with Crippen molar-refractivity contribution in [1.29, 1.82) is 0 Å². The van der Waals surface area contributed by atoms with Gasteiger partial charge in [-0.2, -0.15) is 0 Å². The van der Waals surface area contributed by atoms with Crippen LogP contribution >= 0.6 is 0 Å². The summed E-state index contributed by atoms with van der Waals surface area (Å²) in [5.74, 6) is 0.847. The minimum Gasteiger partial charge on any atom is -0.497 e. The van der Waals surface area contributed by atoms with E-state index in [1.54, 1.807) is 7.11 Å². The Labute approximate surface area is 97.4 Å². The summed E-state index contributed by atoms with van der Waals surface area (Å²) in [6.07, 6.45) is 0.688. The smallest absolute Gasteiger partial charge is 0.119 e. The molecule has 0 saturated carbocycles. The molecular weight excluding hydrogens is 202 g/mol. The van der Waals surface area contributed by atoms with E-state index >= 15 is 0 Å². The van der Waals surface area contributed by atoms with E-state index in [4.69, 9.17) is 9.84 Å². The first-order chi connectivity index (χ1) is 7.66. The maximum Gasteiger partial charge on any atom is 0.119 e. The molecule has 0 heterocycles. The van der Waals surface area contributed by atoms with E-state index < -0.39 is 0 Å². The normalized spacial score (nSPS) is 14.5. The van der Waals surface area contributed by atoms with Crippen molar-refractivity contribution in [2.24, 2.45) is 0 Å². The number of hydrogen-bond acceptors (Lipinski definition) is 3. The minimum absolute atomic E-state index is 0.167. The zero-order valence-corrected chi connectivity index (χ0v) is 10.3. The topological polar surface area (TPSA) is 41.5 Å². The third-order valence-electron chi connectivity index (χ3n) is 2.89. The van der Waals surface area contributed by atoms with Gasteiger partial charge >= 0.3 is 0 Å². The van der Waals surface area contributed by atoms with Crippen molar-refractivity contribution in [3.63, 3.8) is 0 Å². The lowest BCUT2D eigenvalue weighted by atomic mass is 9.88. The maximum absolute atomic E-state index is 9.15. The maximum atomic E-state index is 9.15. The van der Waals surface area contributed by atoms with Crippen molar-refractivity contribution in [3.8, 4) is 5.75 Å². The van der Waals surface area contributed by atoms with Gasteiger partial charge in [-0.15, -0.1) is 0 Å². The van der Waals surface area contributed by atoms with Gasteiger partial charge in [0.15, 0.2) is 0 Å². The number of nitrogens with one attached hydrogen (secondary N) is 1. The highest BCUT2D eigenvalue weighted by Gasteiger charge is 2.24. The molecule has 3 nitrogen and oxygen atoms in total. The SMILES string of the molecule is CCNC(C)(CCO)c1cccc(OC)c1.